The Morgan fingerprint density at radius 1 is 0.821 bits per heavy atom. The number of hydrogen-bond acceptors (Lipinski definition) is 6. The average molecular weight is 386 g/mol. The molecule has 6 nitrogen and oxygen atoms in total. The molecule has 0 aliphatic rings. The van der Waals surface area contributed by atoms with Crippen molar-refractivity contribution >= 4 is 12.0 Å². The van der Waals surface area contributed by atoms with Crippen LogP contribution < -0.4 is 18.9 Å². The van der Waals surface area contributed by atoms with Gasteiger partial charge in [-0.05, 0) is 49.2 Å². The Morgan fingerprint density at radius 2 is 1.43 bits per heavy atom. The highest BCUT2D eigenvalue weighted by Gasteiger charge is 2.10. The van der Waals surface area contributed by atoms with Gasteiger partial charge in [0.2, 0.25) is 0 Å². The first kappa shape index (κ1) is 21.2. The van der Waals surface area contributed by atoms with E-state index in [0.717, 1.165) is 16.9 Å². The third kappa shape index (κ3) is 5.94. The van der Waals surface area contributed by atoms with Crippen molar-refractivity contribution in [2.24, 2.45) is 0 Å². The second-order valence-corrected chi connectivity index (χ2v) is 6.12. The zero-order valence-corrected chi connectivity index (χ0v) is 16.9. The molecule has 0 saturated heterocycles. The molecule has 0 heterocycles. The van der Waals surface area contributed by atoms with Crippen LogP contribution in [0.4, 0.5) is 0 Å². The van der Waals surface area contributed by atoms with Gasteiger partial charge in [-0.25, -0.2) is 4.79 Å². The van der Waals surface area contributed by atoms with Crippen molar-refractivity contribution in [3.8, 4) is 23.0 Å². The molecular formula is C22H26O6. The summed E-state index contributed by atoms with van der Waals surface area (Å²) < 4.78 is 26.6. The normalized spacial score (nSPS) is 10.6. The zero-order chi connectivity index (χ0) is 20.5. The average Bonchev–Trinajstić information content (AvgIpc) is 2.68. The maximum Gasteiger partial charge on any atom is 0.330 e. The first-order valence-corrected chi connectivity index (χ1v) is 8.82. The van der Waals surface area contributed by atoms with Gasteiger partial charge in [0.05, 0.1) is 21.3 Å². The van der Waals surface area contributed by atoms with Gasteiger partial charge >= 0.3 is 5.97 Å². The van der Waals surface area contributed by atoms with Crippen molar-refractivity contribution in [2.75, 3.05) is 34.5 Å². The Kier molecular flexibility index (Phi) is 7.75. The SMILES string of the molecule is COc1cc(OC)c(OC)cc1/C=C/C(=O)OCCOc1cc(C)cc(C)c1. The summed E-state index contributed by atoms with van der Waals surface area (Å²) in [5, 5.41) is 0. The lowest BCUT2D eigenvalue weighted by Crippen LogP contribution is -2.10. The summed E-state index contributed by atoms with van der Waals surface area (Å²) in [4.78, 5) is 12.0. The molecule has 0 bridgehead atoms. The summed E-state index contributed by atoms with van der Waals surface area (Å²) in [6.07, 6.45) is 2.94. The topological polar surface area (TPSA) is 63.2 Å². The van der Waals surface area contributed by atoms with Crippen LogP contribution in [0.5, 0.6) is 23.0 Å². The van der Waals surface area contributed by atoms with Gasteiger partial charge in [-0.2, -0.15) is 0 Å². The Morgan fingerprint density at radius 3 is 2.04 bits per heavy atom. The van der Waals surface area contributed by atoms with Crippen LogP contribution >= 0.6 is 0 Å². The van der Waals surface area contributed by atoms with Crippen LogP contribution in [0.1, 0.15) is 16.7 Å². The molecule has 0 unspecified atom stereocenters. The van der Waals surface area contributed by atoms with Crippen molar-refractivity contribution in [1.29, 1.82) is 0 Å². The highest BCUT2D eigenvalue weighted by atomic mass is 16.6. The molecule has 0 amide bonds. The Bertz CT molecular complexity index is 821. The number of hydrogen-bond donors (Lipinski definition) is 0. The highest BCUT2D eigenvalue weighted by molar-refractivity contribution is 5.87. The molecule has 0 aliphatic carbocycles. The van der Waals surface area contributed by atoms with E-state index in [1.807, 2.05) is 26.0 Å². The van der Waals surface area contributed by atoms with Gasteiger partial charge in [0.1, 0.15) is 24.7 Å². The molecule has 0 aromatic heterocycles. The molecule has 0 aliphatic heterocycles. The summed E-state index contributed by atoms with van der Waals surface area (Å²) >= 11 is 0. The van der Waals surface area contributed by atoms with E-state index in [9.17, 15) is 4.79 Å². The maximum atomic E-state index is 12.0. The van der Waals surface area contributed by atoms with E-state index in [2.05, 4.69) is 6.07 Å². The van der Waals surface area contributed by atoms with Crippen LogP contribution in [0.2, 0.25) is 0 Å². The minimum Gasteiger partial charge on any atom is -0.496 e. The van der Waals surface area contributed by atoms with Crippen LogP contribution in [-0.2, 0) is 9.53 Å². The summed E-state index contributed by atoms with van der Waals surface area (Å²) in [6.45, 7) is 4.45. The summed E-state index contributed by atoms with van der Waals surface area (Å²) in [5.41, 5.74) is 2.92. The Hall–Kier alpha value is -3.15. The predicted molar refractivity (Wildman–Crippen MR) is 108 cm³/mol. The molecule has 28 heavy (non-hydrogen) atoms. The lowest BCUT2D eigenvalue weighted by molar-refractivity contribution is -0.138. The molecule has 2 rings (SSSR count). The highest BCUT2D eigenvalue weighted by Crippen LogP contribution is 2.35. The Balaban J connectivity index is 1.91. The first-order valence-electron chi connectivity index (χ1n) is 8.82. The fraction of sp³-hybridized carbons (Fsp3) is 0.318. The van der Waals surface area contributed by atoms with E-state index >= 15 is 0 Å². The van der Waals surface area contributed by atoms with Crippen LogP contribution in [-0.4, -0.2) is 40.5 Å². The molecule has 150 valence electrons. The van der Waals surface area contributed by atoms with Crippen molar-refractivity contribution in [2.45, 2.75) is 13.8 Å². The van der Waals surface area contributed by atoms with E-state index in [1.54, 1.807) is 39.5 Å². The maximum absolute atomic E-state index is 12.0. The minimum atomic E-state index is -0.471. The van der Waals surface area contributed by atoms with Gasteiger partial charge < -0.3 is 23.7 Å². The predicted octanol–water partition coefficient (Wildman–Crippen LogP) is 3.96. The summed E-state index contributed by atoms with van der Waals surface area (Å²) in [5.74, 6) is 1.93. The van der Waals surface area contributed by atoms with Crippen molar-refractivity contribution in [3.05, 3.63) is 53.1 Å². The molecular weight excluding hydrogens is 360 g/mol. The van der Waals surface area contributed by atoms with Gasteiger partial charge in [-0.15, -0.1) is 0 Å². The molecule has 0 fully saturated rings. The number of carbonyl (C=O) groups excluding carboxylic acids is 1. The molecule has 0 saturated carbocycles. The number of esters is 1. The van der Waals surface area contributed by atoms with Gasteiger partial charge in [0.25, 0.3) is 0 Å². The van der Waals surface area contributed by atoms with Gasteiger partial charge in [0.15, 0.2) is 11.5 Å². The number of carbonyl (C=O) groups is 1. The monoisotopic (exact) mass is 386 g/mol. The molecule has 2 aromatic carbocycles. The number of aryl methyl sites for hydroxylation is 2. The van der Waals surface area contributed by atoms with E-state index in [4.69, 9.17) is 23.7 Å². The molecule has 2 aromatic rings. The zero-order valence-electron chi connectivity index (χ0n) is 16.9. The fourth-order valence-electron chi connectivity index (χ4n) is 2.71. The van der Waals surface area contributed by atoms with Gasteiger partial charge in [-0.1, -0.05) is 6.07 Å². The first-order chi connectivity index (χ1) is 13.5. The second kappa shape index (κ2) is 10.3. The van der Waals surface area contributed by atoms with Crippen LogP contribution in [0.25, 0.3) is 6.08 Å². The van der Waals surface area contributed by atoms with E-state index in [0.29, 0.717) is 22.8 Å². The fourth-order valence-corrected chi connectivity index (χ4v) is 2.71. The molecule has 0 spiro atoms. The third-order valence-corrected chi connectivity index (χ3v) is 3.93. The minimum absolute atomic E-state index is 0.152. The third-order valence-electron chi connectivity index (χ3n) is 3.93. The smallest absolute Gasteiger partial charge is 0.330 e. The molecule has 0 N–H and O–H groups in total. The lowest BCUT2D eigenvalue weighted by atomic mass is 10.1. The van der Waals surface area contributed by atoms with Crippen LogP contribution in [0, 0.1) is 13.8 Å². The van der Waals surface area contributed by atoms with E-state index < -0.39 is 5.97 Å². The lowest BCUT2D eigenvalue weighted by Gasteiger charge is -2.12. The second-order valence-electron chi connectivity index (χ2n) is 6.12. The quantitative estimate of drug-likeness (QED) is 0.369. The Labute approximate surface area is 165 Å². The van der Waals surface area contributed by atoms with Crippen LogP contribution in [0.15, 0.2) is 36.4 Å². The van der Waals surface area contributed by atoms with E-state index in [1.165, 1.54) is 6.08 Å². The van der Waals surface area contributed by atoms with Crippen molar-refractivity contribution in [1.82, 2.24) is 0 Å². The molecule has 6 heteroatoms. The van der Waals surface area contributed by atoms with Crippen LogP contribution in [0.3, 0.4) is 0 Å². The largest absolute Gasteiger partial charge is 0.496 e. The number of methoxy groups -OCH3 is 3. The standard InChI is InChI=1S/C22H26O6/c1-15-10-16(2)12-18(11-15)27-8-9-28-22(23)7-6-17-13-20(25-4)21(26-5)14-19(17)24-3/h6-7,10-14H,8-9H2,1-5H3/b7-6+. The summed E-state index contributed by atoms with van der Waals surface area (Å²) in [6, 6.07) is 9.38. The summed E-state index contributed by atoms with van der Waals surface area (Å²) in [7, 11) is 4.63. The van der Waals surface area contributed by atoms with Crippen molar-refractivity contribution < 1.29 is 28.5 Å². The van der Waals surface area contributed by atoms with E-state index in [-0.39, 0.29) is 13.2 Å². The molecule has 0 atom stereocenters. The van der Waals surface area contributed by atoms with Gasteiger partial charge in [-0.3, -0.25) is 0 Å². The van der Waals surface area contributed by atoms with Gasteiger partial charge in [0, 0.05) is 17.7 Å². The molecule has 0 radical (unpaired) electrons. The number of ether oxygens (including phenoxy) is 5. The number of benzene rings is 2. The van der Waals surface area contributed by atoms with Crippen molar-refractivity contribution in [3.63, 3.8) is 0 Å². The number of rotatable bonds is 9.